The number of rotatable bonds is 7. The highest BCUT2D eigenvalue weighted by molar-refractivity contribution is 5.94. The van der Waals surface area contributed by atoms with E-state index < -0.39 is 0 Å². The standard InChI is InChI=1S/C17H24N2O4/c1-12-8-13(9-16(20)19-12)11-18-17(21)14-4-3-5-15(10-14)23-7-6-22-2/h3-5,10,12-13H,6-9,11H2,1-2H3,(H,18,21)(H,19,20). The van der Waals surface area contributed by atoms with E-state index in [4.69, 9.17) is 9.47 Å². The Hall–Kier alpha value is -2.08. The van der Waals surface area contributed by atoms with Gasteiger partial charge < -0.3 is 20.1 Å². The van der Waals surface area contributed by atoms with Gasteiger partial charge in [-0.1, -0.05) is 6.07 Å². The second-order valence-corrected chi connectivity index (χ2v) is 5.85. The van der Waals surface area contributed by atoms with E-state index in [1.165, 1.54) is 0 Å². The van der Waals surface area contributed by atoms with Crippen LogP contribution in [0.1, 0.15) is 30.1 Å². The molecule has 2 unspecified atom stereocenters. The van der Waals surface area contributed by atoms with Crippen molar-refractivity contribution in [3.05, 3.63) is 29.8 Å². The summed E-state index contributed by atoms with van der Waals surface area (Å²) in [5.41, 5.74) is 0.549. The number of methoxy groups -OCH3 is 1. The van der Waals surface area contributed by atoms with Gasteiger partial charge in [0.05, 0.1) is 6.61 Å². The zero-order valence-electron chi connectivity index (χ0n) is 13.6. The number of nitrogens with one attached hydrogen (secondary N) is 2. The number of carbonyl (C=O) groups excluding carboxylic acids is 2. The van der Waals surface area contributed by atoms with E-state index in [2.05, 4.69) is 10.6 Å². The minimum absolute atomic E-state index is 0.0524. The van der Waals surface area contributed by atoms with Crippen molar-refractivity contribution in [2.45, 2.75) is 25.8 Å². The van der Waals surface area contributed by atoms with Crippen LogP contribution in [0.3, 0.4) is 0 Å². The molecule has 0 aliphatic carbocycles. The molecule has 23 heavy (non-hydrogen) atoms. The lowest BCUT2D eigenvalue weighted by molar-refractivity contribution is -0.124. The van der Waals surface area contributed by atoms with Gasteiger partial charge in [-0.25, -0.2) is 0 Å². The van der Waals surface area contributed by atoms with Gasteiger partial charge in [0.1, 0.15) is 12.4 Å². The molecule has 0 spiro atoms. The molecule has 0 radical (unpaired) electrons. The SMILES string of the molecule is COCCOc1cccc(C(=O)NCC2CC(=O)NC(C)C2)c1. The first-order valence-corrected chi connectivity index (χ1v) is 7.88. The maximum Gasteiger partial charge on any atom is 0.251 e. The van der Waals surface area contributed by atoms with Crippen molar-refractivity contribution in [3.8, 4) is 5.75 Å². The Morgan fingerprint density at radius 3 is 2.96 bits per heavy atom. The van der Waals surface area contributed by atoms with Gasteiger partial charge in [0.2, 0.25) is 5.91 Å². The average Bonchev–Trinajstić information content (AvgIpc) is 2.52. The number of ether oxygens (including phenoxy) is 2. The number of hydrogen-bond acceptors (Lipinski definition) is 4. The molecule has 1 aromatic carbocycles. The van der Waals surface area contributed by atoms with E-state index in [1.807, 2.05) is 6.92 Å². The molecule has 2 N–H and O–H groups in total. The van der Waals surface area contributed by atoms with Crippen molar-refractivity contribution in [2.24, 2.45) is 5.92 Å². The van der Waals surface area contributed by atoms with E-state index in [0.29, 0.717) is 37.5 Å². The average molecular weight is 320 g/mol. The lowest BCUT2D eigenvalue weighted by atomic mass is 9.92. The van der Waals surface area contributed by atoms with Crippen molar-refractivity contribution < 1.29 is 19.1 Å². The van der Waals surface area contributed by atoms with E-state index >= 15 is 0 Å². The molecule has 2 rings (SSSR count). The molecule has 1 aliphatic rings. The Morgan fingerprint density at radius 2 is 2.22 bits per heavy atom. The van der Waals surface area contributed by atoms with Gasteiger partial charge in [-0.05, 0) is 37.5 Å². The molecule has 1 fully saturated rings. The molecule has 1 aromatic rings. The summed E-state index contributed by atoms with van der Waals surface area (Å²) in [6.07, 6.45) is 1.34. The highest BCUT2D eigenvalue weighted by atomic mass is 16.5. The molecule has 0 saturated carbocycles. The Balaban J connectivity index is 1.85. The zero-order chi connectivity index (χ0) is 16.7. The lowest BCUT2D eigenvalue weighted by Gasteiger charge is -2.27. The minimum atomic E-state index is -0.152. The van der Waals surface area contributed by atoms with Gasteiger partial charge in [0.15, 0.2) is 0 Å². The second-order valence-electron chi connectivity index (χ2n) is 5.85. The molecule has 6 heteroatoms. The second kappa shape index (κ2) is 8.53. The maximum atomic E-state index is 12.2. The monoisotopic (exact) mass is 320 g/mol. The molecule has 0 bridgehead atoms. The number of amides is 2. The lowest BCUT2D eigenvalue weighted by Crippen LogP contribution is -2.43. The first-order chi connectivity index (χ1) is 11.1. The van der Waals surface area contributed by atoms with Gasteiger partial charge in [0, 0.05) is 31.7 Å². The summed E-state index contributed by atoms with van der Waals surface area (Å²) < 4.78 is 10.4. The Kier molecular flexibility index (Phi) is 6.40. The van der Waals surface area contributed by atoms with Crippen LogP contribution in [0.4, 0.5) is 0 Å². The van der Waals surface area contributed by atoms with Crippen molar-refractivity contribution in [1.29, 1.82) is 0 Å². The van der Waals surface area contributed by atoms with Crippen LogP contribution in [-0.2, 0) is 9.53 Å². The fourth-order valence-corrected chi connectivity index (χ4v) is 2.70. The Labute approximate surface area is 136 Å². The maximum absolute atomic E-state index is 12.2. The number of benzene rings is 1. The van der Waals surface area contributed by atoms with Crippen LogP contribution in [0.5, 0.6) is 5.75 Å². The van der Waals surface area contributed by atoms with Gasteiger partial charge in [-0.3, -0.25) is 9.59 Å². The quantitative estimate of drug-likeness (QED) is 0.744. The number of hydrogen-bond donors (Lipinski definition) is 2. The summed E-state index contributed by atoms with van der Waals surface area (Å²) in [7, 11) is 1.61. The number of carbonyl (C=O) groups is 2. The third kappa shape index (κ3) is 5.56. The van der Waals surface area contributed by atoms with E-state index in [9.17, 15) is 9.59 Å². The van der Waals surface area contributed by atoms with Crippen LogP contribution in [0.25, 0.3) is 0 Å². The topological polar surface area (TPSA) is 76.7 Å². The molecular formula is C17H24N2O4. The molecule has 2 atom stereocenters. The third-order valence-corrected chi connectivity index (χ3v) is 3.77. The van der Waals surface area contributed by atoms with Crippen LogP contribution in [0.2, 0.25) is 0 Å². The van der Waals surface area contributed by atoms with E-state index in [-0.39, 0.29) is 23.8 Å². The van der Waals surface area contributed by atoms with Gasteiger partial charge >= 0.3 is 0 Å². The summed E-state index contributed by atoms with van der Waals surface area (Å²) in [5, 5.41) is 5.79. The van der Waals surface area contributed by atoms with Gasteiger partial charge in [-0.2, -0.15) is 0 Å². The minimum Gasteiger partial charge on any atom is -0.491 e. The highest BCUT2D eigenvalue weighted by Gasteiger charge is 2.24. The first-order valence-electron chi connectivity index (χ1n) is 7.88. The molecule has 1 heterocycles. The van der Waals surface area contributed by atoms with E-state index in [0.717, 1.165) is 6.42 Å². The van der Waals surface area contributed by atoms with Crippen LogP contribution in [0, 0.1) is 5.92 Å². The van der Waals surface area contributed by atoms with Gasteiger partial charge in [-0.15, -0.1) is 0 Å². The largest absolute Gasteiger partial charge is 0.491 e. The summed E-state index contributed by atoms with van der Waals surface area (Å²) in [4.78, 5) is 23.8. The predicted octanol–water partition coefficient (Wildman–Crippen LogP) is 1.36. The van der Waals surface area contributed by atoms with Crippen LogP contribution in [0.15, 0.2) is 24.3 Å². The fourth-order valence-electron chi connectivity index (χ4n) is 2.70. The molecule has 6 nitrogen and oxygen atoms in total. The molecule has 2 amide bonds. The Bertz CT molecular complexity index is 547. The van der Waals surface area contributed by atoms with Crippen molar-refractivity contribution in [1.82, 2.24) is 10.6 Å². The van der Waals surface area contributed by atoms with Crippen LogP contribution in [-0.4, -0.2) is 44.7 Å². The summed E-state index contributed by atoms with van der Waals surface area (Å²) >= 11 is 0. The summed E-state index contributed by atoms with van der Waals surface area (Å²) in [6, 6.07) is 7.21. The Morgan fingerprint density at radius 1 is 1.39 bits per heavy atom. The molecular weight excluding hydrogens is 296 g/mol. The summed E-state index contributed by atoms with van der Waals surface area (Å²) in [6.45, 7) is 3.42. The molecule has 1 aliphatic heterocycles. The predicted molar refractivity (Wildman–Crippen MR) is 86.5 cm³/mol. The molecule has 1 saturated heterocycles. The normalized spacial score (nSPS) is 20.7. The van der Waals surface area contributed by atoms with Crippen molar-refractivity contribution in [2.75, 3.05) is 26.9 Å². The molecule has 126 valence electrons. The van der Waals surface area contributed by atoms with Crippen molar-refractivity contribution >= 4 is 11.8 Å². The molecule has 0 aromatic heterocycles. The fraction of sp³-hybridized carbons (Fsp3) is 0.529. The number of piperidine rings is 1. The first kappa shape index (κ1) is 17.3. The highest BCUT2D eigenvalue weighted by Crippen LogP contribution is 2.17. The van der Waals surface area contributed by atoms with Gasteiger partial charge in [0.25, 0.3) is 5.91 Å². The van der Waals surface area contributed by atoms with Crippen LogP contribution < -0.4 is 15.4 Å². The van der Waals surface area contributed by atoms with Crippen molar-refractivity contribution in [3.63, 3.8) is 0 Å². The van der Waals surface area contributed by atoms with E-state index in [1.54, 1.807) is 31.4 Å². The zero-order valence-corrected chi connectivity index (χ0v) is 13.6. The van der Waals surface area contributed by atoms with Crippen LogP contribution >= 0.6 is 0 Å². The smallest absolute Gasteiger partial charge is 0.251 e. The third-order valence-electron chi connectivity index (χ3n) is 3.77. The summed E-state index contributed by atoms with van der Waals surface area (Å²) in [5.74, 6) is 0.724.